The van der Waals surface area contributed by atoms with Crippen molar-refractivity contribution in [1.29, 1.82) is 0 Å². The minimum absolute atomic E-state index is 0.0566. The summed E-state index contributed by atoms with van der Waals surface area (Å²) in [5.41, 5.74) is 1.40. The summed E-state index contributed by atoms with van der Waals surface area (Å²) in [6.07, 6.45) is 3.09. The highest BCUT2D eigenvalue weighted by molar-refractivity contribution is 7.93. The molecule has 0 fully saturated rings. The number of nitrogens with one attached hydrogen (secondary N) is 1. The van der Waals surface area contributed by atoms with E-state index in [1.165, 1.54) is 20.3 Å². The lowest BCUT2D eigenvalue weighted by Gasteiger charge is -2.21. The van der Waals surface area contributed by atoms with Gasteiger partial charge in [-0.05, 0) is 23.8 Å². The van der Waals surface area contributed by atoms with Crippen molar-refractivity contribution in [2.75, 3.05) is 14.2 Å². The zero-order chi connectivity index (χ0) is 23.4. The second kappa shape index (κ2) is 9.60. The van der Waals surface area contributed by atoms with Crippen LogP contribution in [0.5, 0.6) is 17.2 Å². The molecule has 1 aliphatic carbocycles. The quantitative estimate of drug-likeness (QED) is 0.529. The van der Waals surface area contributed by atoms with Crippen LogP contribution < -0.4 is 18.9 Å². The molecule has 2 aromatic carbocycles. The summed E-state index contributed by atoms with van der Waals surface area (Å²) in [6.45, 7) is 0.115. The van der Waals surface area contributed by atoms with Gasteiger partial charge in [0.25, 0.3) is 0 Å². The average Bonchev–Trinajstić information content (AvgIpc) is 2.84. The predicted octanol–water partition coefficient (Wildman–Crippen LogP) is 4.26. The van der Waals surface area contributed by atoms with Gasteiger partial charge in [-0.1, -0.05) is 36.4 Å². The SMILES string of the molecule is COc1cc2nccc(OC3CC=C(S(=O)(=O)NCc4ccccc4)C=C3F)c2cc1OC. The number of hydrogen-bond acceptors (Lipinski definition) is 6. The maximum atomic E-state index is 14.9. The number of pyridine rings is 1. The normalized spacial score (nSPS) is 16.2. The number of ether oxygens (including phenoxy) is 3. The maximum Gasteiger partial charge on any atom is 0.240 e. The molecule has 0 amide bonds. The number of hydrogen-bond donors (Lipinski definition) is 1. The van der Waals surface area contributed by atoms with Gasteiger partial charge in [-0.25, -0.2) is 17.5 Å². The number of aromatic nitrogens is 1. The van der Waals surface area contributed by atoms with Gasteiger partial charge in [0.1, 0.15) is 11.6 Å². The van der Waals surface area contributed by atoms with Crippen LogP contribution in [-0.4, -0.2) is 33.7 Å². The molecule has 0 aliphatic heterocycles. The molecule has 1 atom stereocenters. The van der Waals surface area contributed by atoms with Gasteiger partial charge >= 0.3 is 0 Å². The molecule has 9 heteroatoms. The first-order valence-corrected chi connectivity index (χ1v) is 11.7. The third kappa shape index (κ3) is 4.99. The van der Waals surface area contributed by atoms with E-state index in [2.05, 4.69) is 9.71 Å². The molecule has 172 valence electrons. The smallest absolute Gasteiger partial charge is 0.240 e. The third-order valence-electron chi connectivity index (χ3n) is 5.22. The largest absolute Gasteiger partial charge is 0.493 e. The average molecular weight is 471 g/mol. The summed E-state index contributed by atoms with van der Waals surface area (Å²) < 4.78 is 59.1. The van der Waals surface area contributed by atoms with Crippen molar-refractivity contribution in [3.8, 4) is 17.2 Å². The van der Waals surface area contributed by atoms with E-state index in [9.17, 15) is 12.8 Å². The fourth-order valence-electron chi connectivity index (χ4n) is 3.48. The zero-order valence-electron chi connectivity index (χ0n) is 18.1. The van der Waals surface area contributed by atoms with Crippen LogP contribution in [0.25, 0.3) is 10.9 Å². The minimum atomic E-state index is -3.86. The van der Waals surface area contributed by atoms with E-state index >= 15 is 0 Å². The number of halogens is 1. The third-order valence-corrected chi connectivity index (χ3v) is 6.65. The summed E-state index contributed by atoms with van der Waals surface area (Å²) in [5.74, 6) is 0.721. The summed E-state index contributed by atoms with van der Waals surface area (Å²) in [7, 11) is -0.820. The lowest BCUT2D eigenvalue weighted by Crippen LogP contribution is -2.27. The first-order chi connectivity index (χ1) is 15.9. The second-order valence-electron chi connectivity index (χ2n) is 7.32. The number of benzene rings is 2. The van der Waals surface area contributed by atoms with E-state index in [1.807, 2.05) is 30.3 Å². The maximum absolute atomic E-state index is 14.9. The molecule has 4 rings (SSSR count). The molecule has 3 aromatic rings. The molecule has 1 unspecified atom stereocenters. The van der Waals surface area contributed by atoms with Crippen molar-refractivity contribution >= 4 is 20.9 Å². The van der Waals surface area contributed by atoms with Gasteiger partial charge in [0, 0.05) is 30.6 Å². The van der Waals surface area contributed by atoms with Crippen LogP contribution in [0.3, 0.4) is 0 Å². The highest BCUT2D eigenvalue weighted by Crippen LogP contribution is 2.36. The number of fused-ring (bicyclic) bond motifs is 1. The molecule has 1 aromatic heterocycles. The van der Waals surface area contributed by atoms with Crippen LogP contribution in [0.2, 0.25) is 0 Å². The number of sulfonamides is 1. The van der Waals surface area contributed by atoms with Crippen molar-refractivity contribution < 1.29 is 27.0 Å². The molecule has 1 N–H and O–H groups in total. The molecule has 0 saturated carbocycles. The van der Waals surface area contributed by atoms with Gasteiger partial charge in [-0.15, -0.1) is 0 Å². The van der Waals surface area contributed by atoms with Crippen LogP contribution in [0.15, 0.2) is 77.6 Å². The number of allylic oxidation sites excluding steroid dienone is 1. The monoisotopic (exact) mass is 470 g/mol. The van der Waals surface area contributed by atoms with Crippen molar-refractivity contribution in [1.82, 2.24) is 9.71 Å². The van der Waals surface area contributed by atoms with E-state index in [4.69, 9.17) is 14.2 Å². The highest BCUT2D eigenvalue weighted by atomic mass is 32.2. The molecule has 0 radical (unpaired) electrons. The molecule has 0 spiro atoms. The van der Waals surface area contributed by atoms with Crippen molar-refractivity contribution in [2.45, 2.75) is 19.1 Å². The number of nitrogens with zero attached hydrogens (tertiary/aromatic N) is 1. The lowest BCUT2D eigenvalue weighted by atomic mass is 10.1. The molecule has 33 heavy (non-hydrogen) atoms. The Bertz CT molecular complexity index is 1320. The fraction of sp³-hybridized carbons (Fsp3) is 0.208. The molecular formula is C24H23FN2O5S. The Morgan fingerprint density at radius 1 is 1.06 bits per heavy atom. The van der Waals surface area contributed by atoms with Crippen LogP contribution in [0.4, 0.5) is 4.39 Å². The van der Waals surface area contributed by atoms with Gasteiger partial charge < -0.3 is 14.2 Å². The summed E-state index contributed by atoms with van der Waals surface area (Å²) in [6, 6.07) is 14.1. The topological polar surface area (TPSA) is 86.8 Å². The van der Waals surface area contributed by atoms with Crippen molar-refractivity contribution in [2.24, 2.45) is 0 Å². The van der Waals surface area contributed by atoms with Gasteiger partial charge in [-0.2, -0.15) is 0 Å². The first-order valence-electron chi connectivity index (χ1n) is 10.2. The Hall–Kier alpha value is -3.43. The summed E-state index contributed by atoms with van der Waals surface area (Å²) >= 11 is 0. The summed E-state index contributed by atoms with van der Waals surface area (Å²) in [4.78, 5) is 4.18. The van der Waals surface area contributed by atoms with Crippen molar-refractivity contribution in [3.63, 3.8) is 0 Å². The van der Waals surface area contributed by atoms with Crippen LogP contribution in [-0.2, 0) is 16.6 Å². The van der Waals surface area contributed by atoms with Crippen LogP contribution in [0.1, 0.15) is 12.0 Å². The van der Waals surface area contributed by atoms with Crippen molar-refractivity contribution in [3.05, 3.63) is 83.2 Å². The van der Waals surface area contributed by atoms with Gasteiger partial charge in [0.05, 0.1) is 24.6 Å². The second-order valence-corrected chi connectivity index (χ2v) is 9.09. The number of methoxy groups -OCH3 is 2. The van der Waals surface area contributed by atoms with E-state index in [0.717, 1.165) is 11.6 Å². The summed E-state index contributed by atoms with van der Waals surface area (Å²) in [5, 5.41) is 0.620. The predicted molar refractivity (Wildman–Crippen MR) is 123 cm³/mol. The van der Waals surface area contributed by atoms with Crippen LogP contribution >= 0.6 is 0 Å². The first kappa shape index (κ1) is 22.8. The molecule has 1 aliphatic rings. The van der Waals surface area contributed by atoms with Gasteiger partial charge in [-0.3, -0.25) is 4.98 Å². The molecule has 1 heterocycles. The van der Waals surface area contributed by atoms with Gasteiger partial charge in [0.15, 0.2) is 17.6 Å². The van der Waals surface area contributed by atoms with E-state index in [-0.39, 0.29) is 17.9 Å². The Morgan fingerprint density at radius 2 is 1.79 bits per heavy atom. The van der Waals surface area contributed by atoms with E-state index < -0.39 is 22.0 Å². The standard InChI is InChI=1S/C24H23FN2O5S/c1-30-23-13-18-20(14-24(23)31-2)26-11-10-21(18)32-22-9-8-17(12-19(22)25)33(28,29)27-15-16-6-4-3-5-7-16/h3-8,10-14,22,27H,9,15H2,1-2H3. The Kier molecular flexibility index (Phi) is 6.62. The highest BCUT2D eigenvalue weighted by Gasteiger charge is 2.26. The number of rotatable bonds is 8. The Balaban J connectivity index is 1.51. The molecule has 0 saturated heterocycles. The zero-order valence-corrected chi connectivity index (χ0v) is 18.9. The van der Waals surface area contributed by atoms with E-state index in [1.54, 1.807) is 24.4 Å². The van der Waals surface area contributed by atoms with Crippen LogP contribution in [0, 0.1) is 0 Å². The molecule has 0 bridgehead atoms. The fourth-order valence-corrected chi connectivity index (χ4v) is 4.58. The minimum Gasteiger partial charge on any atom is -0.493 e. The van der Waals surface area contributed by atoms with Gasteiger partial charge in [0.2, 0.25) is 10.0 Å². The Labute approximate surface area is 191 Å². The van der Waals surface area contributed by atoms with E-state index in [0.29, 0.717) is 28.2 Å². The molecule has 7 nitrogen and oxygen atoms in total. The lowest BCUT2D eigenvalue weighted by molar-refractivity contribution is 0.211. The Morgan fingerprint density at radius 3 is 2.48 bits per heavy atom. The molecular weight excluding hydrogens is 447 g/mol.